The molecule has 0 amide bonds. The fourth-order valence-corrected chi connectivity index (χ4v) is 2.21. The molecule has 0 radical (unpaired) electrons. The molecule has 0 spiro atoms. The van der Waals surface area contributed by atoms with Gasteiger partial charge in [0.15, 0.2) is 0 Å². The average molecular weight is 319 g/mol. The molecular formula is C16H21Cl2FO. The van der Waals surface area contributed by atoms with Crippen LogP contribution in [0.25, 0.3) is 0 Å². The average Bonchev–Trinajstić information content (AvgIpc) is 2.39. The summed E-state index contributed by atoms with van der Waals surface area (Å²) in [5.41, 5.74) is 1.64. The zero-order chi connectivity index (χ0) is 15.1. The van der Waals surface area contributed by atoms with Crippen LogP contribution in [0, 0.1) is 5.92 Å². The molecule has 0 bridgehead atoms. The van der Waals surface area contributed by atoms with Gasteiger partial charge in [-0.25, -0.2) is 4.39 Å². The van der Waals surface area contributed by atoms with Crippen LogP contribution in [0.15, 0.2) is 46.2 Å². The van der Waals surface area contributed by atoms with Gasteiger partial charge in [-0.2, -0.15) is 0 Å². The summed E-state index contributed by atoms with van der Waals surface area (Å²) >= 11 is 12.3. The summed E-state index contributed by atoms with van der Waals surface area (Å²) in [5, 5.41) is 0.210. The third-order valence-electron chi connectivity index (χ3n) is 2.88. The summed E-state index contributed by atoms with van der Waals surface area (Å²) in [5.74, 6) is 1.03. The Morgan fingerprint density at radius 3 is 2.75 bits per heavy atom. The first kappa shape index (κ1) is 17.3. The minimum atomic E-state index is -0.629. The summed E-state index contributed by atoms with van der Waals surface area (Å²) < 4.78 is 18.6. The van der Waals surface area contributed by atoms with Crippen LogP contribution in [-0.4, -0.2) is 18.7 Å². The van der Waals surface area contributed by atoms with Crippen molar-refractivity contribution in [3.63, 3.8) is 0 Å². The van der Waals surface area contributed by atoms with Gasteiger partial charge in [-0.1, -0.05) is 43.2 Å². The lowest BCUT2D eigenvalue weighted by atomic mass is 10.1. The first-order chi connectivity index (χ1) is 9.43. The molecule has 0 heterocycles. The van der Waals surface area contributed by atoms with Gasteiger partial charge in [0.25, 0.3) is 0 Å². The van der Waals surface area contributed by atoms with E-state index in [0.29, 0.717) is 22.3 Å². The molecule has 0 aromatic heterocycles. The van der Waals surface area contributed by atoms with Crippen LogP contribution in [0.2, 0.25) is 0 Å². The summed E-state index contributed by atoms with van der Waals surface area (Å²) in [7, 11) is 0. The molecule has 0 aliphatic heterocycles. The number of rotatable bonds is 6. The Balaban J connectivity index is 2.68. The Labute approximate surface area is 130 Å². The second-order valence-corrected chi connectivity index (χ2v) is 6.16. The lowest BCUT2D eigenvalue weighted by molar-refractivity contribution is 0.222. The first-order valence-electron chi connectivity index (χ1n) is 6.70. The van der Waals surface area contributed by atoms with Crippen LogP contribution in [0.5, 0.6) is 0 Å². The number of hydrogen-bond acceptors (Lipinski definition) is 1. The largest absolute Gasteiger partial charge is 0.492 e. The van der Waals surface area contributed by atoms with Gasteiger partial charge < -0.3 is 4.74 Å². The molecule has 1 unspecified atom stereocenters. The van der Waals surface area contributed by atoms with E-state index in [9.17, 15) is 4.39 Å². The Morgan fingerprint density at radius 1 is 1.50 bits per heavy atom. The molecule has 0 saturated heterocycles. The minimum Gasteiger partial charge on any atom is -0.492 e. The van der Waals surface area contributed by atoms with Gasteiger partial charge in [-0.05, 0) is 31.4 Å². The molecule has 0 saturated carbocycles. The Bertz CT molecular complexity index is 447. The van der Waals surface area contributed by atoms with Crippen molar-refractivity contribution in [2.75, 3.05) is 13.3 Å². The van der Waals surface area contributed by atoms with Crippen molar-refractivity contribution in [2.24, 2.45) is 5.92 Å². The van der Waals surface area contributed by atoms with E-state index < -0.39 is 6.67 Å². The highest BCUT2D eigenvalue weighted by Crippen LogP contribution is 2.25. The molecule has 112 valence electrons. The van der Waals surface area contributed by atoms with Crippen LogP contribution in [-0.2, 0) is 4.74 Å². The smallest absolute Gasteiger partial charge is 0.116 e. The lowest BCUT2D eigenvalue weighted by Crippen LogP contribution is -2.12. The van der Waals surface area contributed by atoms with E-state index in [1.165, 1.54) is 5.57 Å². The summed E-state index contributed by atoms with van der Waals surface area (Å²) in [6.07, 6.45) is 8.21. The van der Waals surface area contributed by atoms with E-state index in [1.807, 2.05) is 39.0 Å². The Kier molecular flexibility index (Phi) is 7.39. The molecule has 0 aromatic rings. The molecule has 1 nitrogen and oxygen atoms in total. The van der Waals surface area contributed by atoms with E-state index in [0.717, 1.165) is 6.42 Å². The van der Waals surface area contributed by atoms with Crippen molar-refractivity contribution in [3.8, 4) is 0 Å². The zero-order valence-corrected chi connectivity index (χ0v) is 13.6. The monoisotopic (exact) mass is 318 g/mol. The maximum absolute atomic E-state index is 13.0. The quantitative estimate of drug-likeness (QED) is 0.463. The maximum Gasteiger partial charge on any atom is 0.116 e. The molecule has 1 aliphatic rings. The number of allylic oxidation sites excluding steroid dienone is 7. The molecule has 0 N–H and O–H groups in total. The van der Waals surface area contributed by atoms with Crippen LogP contribution in [0.3, 0.4) is 0 Å². The van der Waals surface area contributed by atoms with Gasteiger partial charge in [0.05, 0.1) is 5.38 Å². The van der Waals surface area contributed by atoms with E-state index in [-0.39, 0.29) is 12.0 Å². The molecule has 1 atom stereocenters. The van der Waals surface area contributed by atoms with Crippen molar-refractivity contribution in [2.45, 2.75) is 32.6 Å². The van der Waals surface area contributed by atoms with Crippen LogP contribution >= 0.6 is 23.2 Å². The molecule has 20 heavy (non-hydrogen) atoms. The number of alkyl halides is 2. The highest BCUT2D eigenvalue weighted by molar-refractivity contribution is 6.31. The summed E-state index contributed by atoms with van der Waals surface area (Å²) in [6, 6.07) is 0. The molecule has 1 rings (SSSR count). The molecule has 0 fully saturated rings. The van der Waals surface area contributed by atoms with E-state index in [1.54, 1.807) is 6.08 Å². The van der Waals surface area contributed by atoms with Crippen molar-refractivity contribution in [1.82, 2.24) is 0 Å². The summed E-state index contributed by atoms with van der Waals surface area (Å²) in [4.78, 5) is 0. The highest BCUT2D eigenvalue weighted by atomic mass is 35.5. The second kappa shape index (κ2) is 8.53. The van der Waals surface area contributed by atoms with Crippen molar-refractivity contribution in [1.29, 1.82) is 0 Å². The fraction of sp³-hybridized carbons (Fsp3) is 0.500. The van der Waals surface area contributed by atoms with Gasteiger partial charge >= 0.3 is 0 Å². The van der Waals surface area contributed by atoms with Gasteiger partial charge in [0, 0.05) is 10.6 Å². The lowest BCUT2D eigenvalue weighted by Gasteiger charge is -2.19. The number of halogens is 3. The zero-order valence-electron chi connectivity index (χ0n) is 12.1. The van der Waals surface area contributed by atoms with Gasteiger partial charge in [-0.15, -0.1) is 11.6 Å². The van der Waals surface area contributed by atoms with Gasteiger partial charge in [0.1, 0.15) is 19.0 Å². The van der Waals surface area contributed by atoms with Crippen LogP contribution in [0.4, 0.5) is 4.39 Å². The second-order valence-electron chi connectivity index (χ2n) is 5.23. The maximum atomic E-state index is 13.0. The van der Waals surface area contributed by atoms with Crippen molar-refractivity contribution >= 4 is 23.2 Å². The topological polar surface area (TPSA) is 9.23 Å². The van der Waals surface area contributed by atoms with Crippen LogP contribution in [0.1, 0.15) is 27.2 Å². The highest BCUT2D eigenvalue weighted by Gasteiger charge is 2.17. The predicted molar refractivity (Wildman–Crippen MR) is 84.9 cm³/mol. The minimum absolute atomic E-state index is 0.125. The number of ether oxygens (including phenoxy) is 1. The van der Waals surface area contributed by atoms with Gasteiger partial charge in [0.2, 0.25) is 0 Å². The standard InChI is InChI=1S/C16H21Cl2FO/c1-11(2)4-6-14(17)13(9-19)10-20-16-7-5-12(3)8-15(16)18/h4-7,11,15H,8-10H2,1-3H3/b6-4-,14-13-. The molecule has 0 aromatic carbocycles. The molecular weight excluding hydrogens is 298 g/mol. The van der Waals surface area contributed by atoms with E-state index in [4.69, 9.17) is 27.9 Å². The normalized spacial score (nSPS) is 20.9. The van der Waals surface area contributed by atoms with Crippen LogP contribution < -0.4 is 0 Å². The third-order valence-corrected chi connectivity index (χ3v) is 3.64. The SMILES string of the molecule is CC1=CC=C(OC/C(CF)=C(Cl)/C=C\C(C)C)C(Cl)C1. The third kappa shape index (κ3) is 5.72. The number of hydrogen-bond donors (Lipinski definition) is 0. The summed E-state index contributed by atoms with van der Waals surface area (Å²) in [6.45, 7) is 5.58. The molecule has 4 heteroatoms. The first-order valence-corrected chi connectivity index (χ1v) is 7.51. The van der Waals surface area contributed by atoms with Crippen molar-refractivity contribution < 1.29 is 9.13 Å². The molecule has 1 aliphatic carbocycles. The Morgan fingerprint density at radius 2 is 2.20 bits per heavy atom. The van der Waals surface area contributed by atoms with Gasteiger partial charge in [-0.3, -0.25) is 0 Å². The fourth-order valence-electron chi connectivity index (χ4n) is 1.66. The van der Waals surface area contributed by atoms with Crippen molar-refractivity contribution in [3.05, 3.63) is 46.2 Å². The van der Waals surface area contributed by atoms with E-state index in [2.05, 4.69) is 0 Å². The predicted octanol–water partition coefficient (Wildman–Crippen LogP) is 5.52. The van der Waals surface area contributed by atoms with E-state index >= 15 is 0 Å². The Hall–Kier alpha value is -0.730.